The molecule has 0 radical (unpaired) electrons. The number of rotatable bonds is 9. The summed E-state index contributed by atoms with van der Waals surface area (Å²) in [5, 5.41) is 11.3. The Labute approximate surface area is 258 Å². The molecule has 0 aliphatic carbocycles. The van der Waals surface area contributed by atoms with Gasteiger partial charge >= 0.3 is 5.97 Å². The molecule has 12 heteroatoms. The Morgan fingerprint density at radius 3 is 2.58 bits per heavy atom. The molecule has 0 unspecified atom stereocenters. The summed E-state index contributed by atoms with van der Waals surface area (Å²) >= 11 is 8.39. The molecular formula is C31H34ClN5O5S. The van der Waals surface area contributed by atoms with E-state index in [2.05, 4.69) is 14.7 Å². The van der Waals surface area contributed by atoms with Crippen LogP contribution in [0.1, 0.15) is 16.8 Å². The van der Waals surface area contributed by atoms with Gasteiger partial charge in [-0.1, -0.05) is 29.0 Å². The van der Waals surface area contributed by atoms with Gasteiger partial charge in [0, 0.05) is 83.5 Å². The standard InChI is InChI=1S/C31H34ClN5O5S/c1-41-14-13-34-9-11-35(12-10-34)31-33-25-5-4-21(16-29(25)43-31)37-19-23(30(39)40)28(38)17-27(37)20-3-6-26(24(32)15-20)36-8-7-22(18-36)42-2/h3-6,15-17,19,22H,7-14,18H2,1-2H3,(H,39,40)/t22-/m1/s1. The molecule has 2 saturated heterocycles. The SMILES string of the molecule is COCCN1CCN(c2nc3ccc(-n4cc(C(=O)O)c(=O)cc4-c4ccc(N5CC[C@@H](OC)C5)c(Cl)c4)cc3s2)CC1. The highest BCUT2D eigenvalue weighted by Crippen LogP contribution is 2.35. The number of benzene rings is 2. The van der Waals surface area contributed by atoms with E-state index in [-0.39, 0.29) is 11.7 Å². The minimum Gasteiger partial charge on any atom is -0.477 e. The molecule has 2 aromatic carbocycles. The van der Waals surface area contributed by atoms with Crippen LogP contribution >= 0.6 is 22.9 Å². The van der Waals surface area contributed by atoms with Gasteiger partial charge in [0.1, 0.15) is 5.56 Å². The summed E-state index contributed by atoms with van der Waals surface area (Å²) in [6.07, 6.45) is 2.49. The minimum absolute atomic E-state index is 0.164. The van der Waals surface area contributed by atoms with Crippen LogP contribution in [-0.2, 0) is 9.47 Å². The van der Waals surface area contributed by atoms with Gasteiger partial charge in [0.15, 0.2) is 10.6 Å². The predicted octanol–water partition coefficient (Wildman–Crippen LogP) is 4.46. The van der Waals surface area contributed by atoms with Crippen molar-refractivity contribution < 1.29 is 19.4 Å². The van der Waals surface area contributed by atoms with Gasteiger partial charge in [-0.3, -0.25) is 9.69 Å². The lowest BCUT2D eigenvalue weighted by Crippen LogP contribution is -2.47. The minimum atomic E-state index is -1.27. The molecule has 4 aromatic rings. The second-order valence-corrected chi connectivity index (χ2v) is 12.3. The Bertz CT molecular complexity index is 1700. The van der Waals surface area contributed by atoms with Gasteiger partial charge in [-0.25, -0.2) is 9.78 Å². The number of hydrogen-bond donors (Lipinski definition) is 1. The van der Waals surface area contributed by atoms with Gasteiger partial charge in [0.25, 0.3) is 0 Å². The summed E-state index contributed by atoms with van der Waals surface area (Å²) in [6.45, 7) is 6.94. The summed E-state index contributed by atoms with van der Waals surface area (Å²) in [5.41, 5.74) is 2.90. The van der Waals surface area contributed by atoms with E-state index in [4.69, 9.17) is 26.1 Å². The lowest BCUT2D eigenvalue weighted by Gasteiger charge is -2.34. The summed E-state index contributed by atoms with van der Waals surface area (Å²) in [6, 6.07) is 12.9. The second kappa shape index (κ2) is 12.6. The van der Waals surface area contributed by atoms with Crippen molar-refractivity contribution in [3.8, 4) is 16.9 Å². The third kappa shape index (κ3) is 6.13. The number of carbonyl (C=O) groups is 1. The quantitative estimate of drug-likeness (QED) is 0.290. The highest BCUT2D eigenvalue weighted by Gasteiger charge is 2.25. The molecular weight excluding hydrogens is 590 g/mol. The molecule has 226 valence electrons. The van der Waals surface area contributed by atoms with Crippen LogP contribution in [0.4, 0.5) is 10.8 Å². The molecule has 2 aromatic heterocycles. The Kier molecular flexibility index (Phi) is 8.69. The number of carboxylic acids is 1. The smallest absolute Gasteiger partial charge is 0.341 e. The lowest BCUT2D eigenvalue weighted by atomic mass is 10.1. The van der Waals surface area contributed by atoms with Crippen molar-refractivity contribution in [2.45, 2.75) is 12.5 Å². The largest absolute Gasteiger partial charge is 0.477 e. The maximum Gasteiger partial charge on any atom is 0.341 e. The molecule has 6 rings (SSSR count). The van der Waals surface area contributed by atoms with Crippen LogP contribution in [-0.4, -0.2) is 98.3 Å². The Morgan fingerprint density at radius 2 is 1.88 bits per heavy atom. The van der Waals surface area contributed by atoms with Crippen molar-refractivity contribution in [3.63, 3.8) is 0 Å². The van der Waals surface area contributed by atoms with Gasteiger partial charge in [0.2, 0.25) is 0 Å². The van der Waals surface area contributed by atoms with Crippen molar-refractivity contribution in [1.29, 1.82) is 0 Å². The van der Waals surface area contributed by atoms with Crippen molar-refractivity contribution >= 4 is 49.9 Å². The molecule has 43 heavy (non-hydrogen) atoms. The Hall–Kier alpha value is -3.48. The predicted molar refractivity (Wildman–Crippen MR) is 171 cm³/mol. The lowest BCUT2D eigenvalue weighted by molar-refractivity contribution is 0.0695. The van der Waals surface area contributed by atoms with Crippen molar-refractivity contribution in [1.82, 2.24) is 14.5 Å². The van der Waals surface area contributed by atoms with Crippen LogP contribution in [0, 0.1) is 0 Å². The number of aromatic carboxylic acids is 1. The van der Waals surface area contributed by atoms with Crippen LogP contribution in [0.3, 0.4) is 0 Å². The first kappa shape index (κ1) is 29.6. The van der Waals surface area contributed by atoms with Gasteiger partial charge in [-0.05, 0) is 36.8 Å². The zero-order valence-electron chi connectivity index (χ0n) is 24.2. The maximum absolute atomic E-state index is 12.9. The van der Waals surface area contributed by atoms with E-state index in [9.17, 15) is 14.7 Å². The van der Waals surface area contributed by atoms with Crippen molar-refractivity contribution in [2.75, 3.05) is 76.4 Å². The number of hydrogen-bond acceptors (Lipinski definition) is 9. The number of halogens is 1. The van der Waals surface area contributed by atoms with Gasteiger partial charge in [-0.15, -0.1) is 0 Å². The highest BCUT2D eigenvalue weighted by molar-refractivity contribution is 7.22. The first-order valence-corrected chi connectivity index (χ1v) is 15.5. The molecule has 0 spiro atoms. The number of aromatic nitrogens is 2. The molecule has 1 N–H and O–H groups in total. The summed E-state index contributed by atoms with van der Waals surface area (Å²) in [7, 11) is 3.44. The van der Waals surface area contributed by atoms with Crippen LogP contribution in [0.5, 0.6) is 0 Å². The number of thiazole rings is 1. The average molecular weight is 624 g/mol. The van der Waals surface area contributed by atoms with Crippen molar-refractivity contribution in [3.05, 3.63) is 69.5 Å². The number of anilines is 2. The number of nitrogens with zero attached hydrogens (tertiary/aromatic N) is 5. The van der Waals surface area contributed by atoms with Crippen molar-refractivity contribution in [2.24, 2.45) is 0 Å². The van der Waals surface area contributed by atoms with Crippen LogP contribution in [0.15, 0.2) is 53.5 Å². The first-order chi connectivity index (χ1) is 20.8. The Balaban J connectivity index is 1.33. The molecule has 1 atom stereocenters. The van der Waals surface area contributed by atoms with Crippen LogP contribution in [0.25, 0.3) is 27.2 Å². The van der Waals surface area contributed by atoms with E-state index < -0.39 is 11.4 Å². The molecule has 0 saturated carbocycles. The number of pyridine rings is 1. The highest BCUT2D eigenvalue weighted by atomic mass is 35.5. The number of fused-ring (bicyclic) bond motifs is 1. The molecule has 10 nitrogen and oxygen atoms in total. The Morgan fingerprint density at radius 1 is 1.07 bits per heavy atom. The zero-order chi connectivity index (χ0) is 30.1. The van der Waals surface area contributed by atoms with E-state index in [1.807, 2.05) is 36.4 Å². The molecule has 4 heterocycles. The third-order valence-corrected chi connectivity index (χ3v) is 9.62. The van der Waals surface area contributed by atoms with Crippen LogP contribution < -0.4 is 15.2 Å². The van der Waals surface area contributed by atoms with E-state index in [0.29, 0.717) is 16.3 Å². The van der Waals surface area contributed by atoms with E-state index in [1.54, 1.807) is 30.1 Å². The molecule has 0 bridgehead atoms. The monoisotopic (exact) mass is 623 g/mol. The molecule has 0 amide bonds. The normalized spacial score (nSPS) is 17.7. The number of carboxylic acid groups (broad SMARTS) is 1. The topological polar surface area (TPSA) is 100 Å². The average Bonchev–Trinajstić information content (AvgIpc) is 3.67. The van der Waals surface area contributed by atoms with Gasteiger partial charge in [-0.2, -0.15) is 0 Å². The summed E-state index contributed by atoms with van der Waals surface area (Å²) in [4.78, 5) is 36.6. The second-order valence-electron chi connectivity index (χ2n) is 10.8. The maximum atomic E-state index is 12.9. The molecule has 2 aliphatic rings. The first-order valence-electron chi connectivity index (χ1n) is 14.3. The zero-order valence-corrected chi connectivity index (χ0v) is 25.7. The molecule has 2 fully saturated rings. The van der Waals surface area contributed by atoms with Gasteiger partial charge in [0.05, 0.1) is 39.3 Å². The molecule has 2 aliphatic heterocycles. The van der Waals surface area contributed by atoms with E-state index in [1.165, 1.54) is 12.3 Å². The fourth-order valence-electron chi connectivity index (χ4n) is 5.76. The van der Waals surface area contributed by atoms with Crippen LogP contribution in [0.2, 0.25) is 5.02 Å². The van der Waals surface area contributed by atoms with E-state index >= 15 is 0 Å². The fraction of sp³-hybridized carbons (Fsp3) is 0.387. The van der Waals surface area contributed by atoms with E-state index in [0.717, 1.165) is 85.6 Å². The third-order valence-electron chi connectivity index (χ3n) is 8.24. The summed E-state index contributed by atoms with van der Waals surface area (Å²) in [5.74, 6) is -1.27. The number of piperazine rings is 1. The number of methoxy groups -OCH3 is 2. The fourth-order valence-corrected chi connectivity index (χ4v) is 7.11. The number of ether oxygens (including phenoxy) is 2. The summed E-state index contributed by atoms with van der Waals surface area (Å²) < 4.78 is 13.4. The van der Waals surface area contributed by atoms with Gasteiger partial charge < -0.3 is 28.9 Å².